The lowest BCUT2D eigenvalue weighted by molar-refractivity contribution is 0.354. The van der Waals surface area contributed by atoms with Gasteiger partial charge in [0.1, 0.15) is 0 Å². The monoisotopic (exact) mass is 250 g/mol. The summed E-state index contributed by atoms with van der Waals surface area (Å²) in [7, 11) is 0. The van der Waals surface area contributed by atoms with Crippen LogP contribution < -0.4 is 10.6 Å². The van der Waals surface area contributed by atoms with Gasteiger partial charge in [-0.3, -0.25) is 0 Å². The van der Waals surface area contributed by atoms with Crippen molar-refractivity contribution in [1.29, 1.82) is 0 Å². The van der Waals surface area contributed by atoms with Crippen molar-refractivity contribution in [3.05, 3.63) is 5.69 Å². The fourth-order valence-electron chi connectivity index (χ4n) is 2.83. The molecule has 1 aliphatic rings. The Kier molecular flexibility index (Phi) is 3.55. The standard InChI is InChI=1S/C14H26N4/c1-9(2)18-14(13(15)11(4)16-18)17-8-6-7-10(3)12(17)5/h9-10,12H,6-8,15H2,1-5H3. The second-order valence-electron chi connectivity index (χ2n) is 5.91. The van der Waals surface area contributed by atoms with Crippen LogP contribution in [0, 0.1) is 12.8 Å². The first-order chi connectivity index (χ1) is 8.43. The molecule has 0 bridgehead atoms. The topological polar surface area (TPSA) is 47.1 Å². The lowest BCUT2D eigenvalue weighted by atomic mass is 9.92. The Morgan fingerprint density at radius 2 is 2.00 bits per heavy atom. The van der Waals surface area contributed by atoms with Gasteiger partial charge in [-0.15, -0.1) is 0 Å². The number of piperidine rings is 1. The molecule has 1 aromatic heterocycles. The lowest BCUT2D eigenvalue weighted by Crippen LogP contribution is -2.44. The maximum absolute atomic E-state index is 6.25. The van der Waals surface area contributed by atoms with Gasteiger partial charge in [0.05, 0.1) is 11.4 Å². The Bertz CT molecular complexity index is 422. The molecular formula is C14H26N4. The molecule has 2 N–H and O–H groups in total. The van der Waals surface area contributed by atoms with Crippen molar-refractivity contribution >= 4 is 11.5 Å². The number of rotatable bonds is 2. The third-order valence-electron chi connectivity index (χ3n) is 4.24. The van der Waals surface area contributed by atoms with Gasteiger partial charge in [0.15, 0.2) is 5.82 Å². The predicted molar refractivity (Wildman–Crippen MR) is 77.0 cm³/mol. The first kappa shape index (κ1) is 13.2. The SMILES string of the molecule is Cc1nn(C(C)C)c(N2CCCC(C)C2C)c1N. The second kappa shape index (κ2) is 4.82. The number of hydrogen-bond donors (Lipinski definition) is 1. The predicted octanol–water partition coefficient (Wildman–Crippen LogP) is 2.98. The van der Waals surface area contributed by atoms with E-state index in [1.54, 1.807) is 0 Å². The largest absolute Gasteiger partial charge is 0.394 e. The molecule has 2 atom stereocenters. The van der Waals surface area contributed by atoms with Gasteiger partial charge in [-0.25, -0.2) is 4.68 Å². The van der Waals surface area contributed by atoms with Gasteiger partial charge in [-0.2, -0.15) is 5.10 Å². The molecule has 2 rings (SSSR count). The number of nitrogens with zero attached hydrogens (tertiary/aromatic N) is 3. The fraction of sp³-hybridized carbons (Fsp3) is 0.786. The highest BCUT2D eigenvalue weighted by Gasteiger charge is 2.30. The Labute approximate surface area is 110 Å². The third-order valence-corrected chi connectivity index (χ3v) is 4.24. The van der Waals surface area contributed by atoms with Crippen LogP contribution in [0.2, 0.25) is 0 Å². The van der Waals surface area contributed by atoms with Crippen LogP contribution in [-0.4, -0.2) is 22.4 Å². The average Bonchev–Trinajstić information content (AvgIpc) is 2.60. The highest BCUT2D eigenvalue weighted by Crippen LogP contribution is 2.35. The summed E-state index contributed by atoms with van der Waals surface area (Å²) in [5.74, 6) is 1.84. The van der Waals surface area contributed by atoms with Crippen LogP contribution in [-0.2, 0) is 0 Å². The highest BCUT2D eigenvalue weighted by molar-refractivity contribution is 5.67. The molecule has 0 spiro atoms. The Morgan fingerprint density at radius 1 is 1.33 bits per heavy atom. The Balaban J connectivity index is 2.43. The Morgan fingerprint density at radius 3 is 2.61 bits per heavy atom. The molecule has 4 heteroatoms. The van der Waals surface area contributed by atoms with E-state index in [0.717, 1.165) is 23.7 Å². The zero-order valence-electron chi connectivity index (χ0n) is 12.3. The molecule has 0 aliphatic carbocycles. The zero-order valence-corrected chi connectivity index (χ0v) is 12.3. The molecule has 2 heterocycles. The van der Waals surface area contributed by atoms with Gasteiger partial charge in [0, 0.05) is 18.6 Å². The van der Waals surface area contributed by atoms with Crippen LogP contribution in [0.3, 0.4) is 0 Å². The molecule has 1 fully saturated rings. The summed E-state index contributed by atoms with van der Waals surface area (Å²) < 4.78 is 2.08. The molecular weight excluding hydrogens is 224 g/mol. The normalized spacial score (nSPS) is 24.9. The number of hydrogen-bond acceptors (Lipinski definition) is 3. The molecule has 1 saturated heterocycles. The van der Waals surface area contributed by atoms with Crippen molar-refractivity contribution in [2.75, 3.05) is 17.2 Å². The number of anilines is 2. The summed E-state index contributed by atoms with van der Waals surface area (Å²) in [6, 6.07) is 0.884. The molecule has 1 aromatic rings. The molecule has 0 amide bonds. The van der Waals surface area contributed by atoms with E-state index < -0.39 is 0 Å². The van der Waals surface area contributed by atoms with Crippen LogP contribution in [0.5, 0.6) is 0 Å². The molecule has 4 nitrogen and oxygen atoms in total. The molecule has 0 saturated carbocycles. The molecule has 2 unspecified atom stereocenters. The molecule has 0 radical (unpaired) electrons. The Hall–Kier alpha value is -1.19. The molecule has 0 aromatic carbocycles. The number of nitrogens with two attached hydrogens (primary N) is 1. The van der Waals surface area contributed by atoms with Gasteiger partial charge in [-0.1, -0.05) is 6.92 Å². The minimum atomic E-state index is 0.348. The average molecular weight is 250 g/mol. The van der Waals surface area contributed by atoms with E-state index in [-0.39, 0.29) is 0 Å². The number of aryl methyl sites for hydroxylation is 1. The first-order valence-electron chi connectivity index (χ1n) is 7.04. The van der Waals surface area contributed by atoms with E-state index in [4.69, 9.17) is 5.73 Å². The van der Waals surface area contributed by atoms with Gasteiger partial charge in [-0.05, 0) is 46.5 Å². The van der Waals surface area contributed by atoms with E-state index in [9.17, 15) is 0 Å². The van der Waals surface area contributed by atoms with Crippen molar-refractivity contribution in [2.45, 2.75) is 59.5 Å². The van der Waals surface area contributed by atoms with E-state index in [1.807, 2.05) is 6.92 Å². The summed E-state index contributed by atoms with van der Waals surface area (Å²) in [6.07, 6.45) is 2.56. The fourth-order valence-corrected chi connectivity index (χ4v) is 2.83. The quantitative estimate of drug-likeness (QED) is 0.877. The summed E-state index contributed by atoms with van der Waals surface area (Å²) in [6.45, 7) is 12.0. The van der Waals surface area contributed by atoms with E-state index in [2.05, 4.69) is 42.4 Å². The van der Waals surface area contributed by atoms with Gasteiger partial charge < -0.3 is 10.6 Å². The van der Waals surface area contributed by atoms with Crippen LogP contribution in [0.1, 0.15) is 52.3 Å². The lowest BCUT2D eigenvalue weighted by Gasteiger charge is -2.40. The summed E-state index contributed by atoms with van der Waals surface area (Å²) in [5, 5.41) is 4.59. The maximum atomic E-state index is 6.25. The number of aromatic nitrogens is 2. The van der Waals surface area contributed by atoms with Crippen molar-refractivity contribution < 1.29 is 0 Å². The smallest absolute Gasteiger partial charge is 0.151 e. The van der Waals surface area contributed by atoms with E-state index >= 15 is 0 Å². The molecule has 18 heavy (non-hydrogen) atoms. The van der Waals surface area contributed by atoms with E-state index in [0.29, 0.717) is 18.0 Å². The van der Waals surface area contributed by atoms with Crippen LogP contribution in [0.15, 0.2) is 0 Å². The van der Waals surface area contributed by atoms with Gasteiger partial charge in [0.25, 0.3) is 0 Å². The van der Waals surface area contributed by atoms with Gasteiger partial charge >= 0.3 is 0 Å². The van der Waals surface area contributed by atoms with Crippen molar-refractivity contribution in [1.82, 2.24) is 9.78 Å². The van der Waals surface area contributed by atoms with Crippen molar-refractivity contribution in [3.63, 3.8) is 0 Å². The number of nitrogen functional groups attached to an aromatic ring is 1. The summed E-state index contributed by atoms with van der Waals surface area (Å²) in [4.78, 5) is 2.45. The minimum Gasteiger partial charge on any atom is -0.394 e. The van der Waals surface area contributed by atoms with Crippen LogP contribution in [0.25, 0.3) is 0 Å². The summed E-state index contributed by atoms with van der Waals surface area (Å²) in [5.41, 5.74) is 8.05. The minimum absolute atomic E-state index is 0.348. The van der Waals surface area contributed by atoms with E-state index in [1.165, 1.54) is 12.8 Å². The van der Waals surface area contributed by atoms with Crippen LogP contribution in [0.4, 0.5) is 11.5 Å². The zero-order chi connectivity index (χ0) is 13.4. The first-order valence-corrected chi connectivity index (χ1v) is 7.04. The molecule has 102 valence electrons. The third kappa shape index (κ3) is 2.08. The summed E-state index contributed by atoms with van der Waals surface area (Å²) >= 11 is 0. The van der Waals surface area contributed by atoms with Crippen LogP contribution >= 0.6 is 0 Å². The van der Waals surface area contributed by atoms with Gasteiger partial charge in [0.2, 0.25) is 0 Å². The second-order valence-corrected chi connectivity index (χ2v) is 5.91. The van der Waals surface area contributed by atoms with Crippen molar-refractivity contribution in [2.24, 2.45) is 5.92 Å². The highest BCUT2D eigenvalue weighted by atomic mass is 15.4. The maximum Gasteiger partial charge on any atom is 0.151 e. The van der Waals surface area contributed by atoms with Crippen molar-refractivity contribution in [3.8, 4) is 0 Å². The molecule has 1 aliphatic heterocycles.